The second kappa shape index (κ2) is 6.92. The van der Waals surface area contributed by atoms with Crippen LogP contribution in [0.3, 0.4) is 0 Å². The number of nitrogens with zero attached hydrogens (tertiary/aromatic N) is 6. The van der Waals surface area contributed by atoms with Gasteiger partial charge in [0.1, 0.15) is 0 Å². The third-order valence-corrected chi connectivity index (χ3v) is 6.73. The number of benzene rings is 1. The maximum absolute atomic E-state index is 13.5. The molecule has 0 spiro atoms. The van der Waals surface area contributed by atoms with Gasteiger partial charge in [-0.3, -0.25) is 9.69 Å². The number of piperidine rings is 1. The molecule has 9 heteroatoms. The lowest BCUT2D eigenvalue weighted by atomic mass is 9.89. The van der Waals surface area contributed by atoms with Gasteiger partial charge in [-0.1, -0.05) is 29.2 Å². The highest BCUT2D eigenvalue weighted by Crippen LogP contribution is 2.50. The van der Waals surface area contributed by atoms with Gasteiger partial charge in [-0.25, -0.2) is 4.98 Å². The molecule has 2 saturated heterocycles. The average Bonchev–Trinajstić information content (AvgIpc) is 3.36. The van der Waals surface area contributed by atoms with Crippen LogP contribution in [0.4, 0.5) is 0 Å². The first-order valence-electron chi connectivity index (χ1n) is 10.4. The van der Waals surface area contributed by atoms with Crippen molar-refractivity contribution >= 4 is 17.5 Å². The minimum atomic E-state index is -0.230. The lowest BCUT2D eigenvalue weighted by Gasteiger charge is -2.45. The van der Waals surface area contributed by atoms with Crippen molar-refractivity contribution in [1.29, 1.82) is 0 Å². The number of hydrogen-bond donors (Lipinski definition) is 0. The Labute approximate surface area is 178 Å². The molecule has 1 unspecified atom stereocenters. The molecule has 30 heavy (non-hydrogen) atoms. The van der Waals surface area contributed by atoms with Gasteiger partial charge >= 0.3 is 0 Å². The molecular formula is C21H21ClN6O2. The van der Waals surface area contributed by atoms with Crippen molar-refractivity contribution in [3.8, 4) is 5.69 Å². The van der Waals surface area contributed by atoms with Gasteiger partial charge in [0.15, 0.2) is 5.82 Å². The van der Waals surface area contributed by atoms with Gasteiger partial charge in [-0.15, -0.1) is 0 Å². The quantitative estimate of drug-likeness (QED) is 0.639. The fourth-order valence-corrected chi connectivity index (χ4v) is 5.13. The van der Waals surface area contributed by atoms with E-state index in [9.17, 15) is 4.79 Å². The zero-order valence-corrected chi connectivity index (χ0v) is 17.1. The Morgan fingerprint density at radius 2 is 2.03 bits per heavy atom. The maximum atomic E-state index is 13.5. The summed E-state index contributed by atoms with van der Waals surface area (Å²) in [4.78, 5) is 26.6. The zero-order valence-electron chi connectivity index (χ0n) is 16.4. The Morgan fingerprint density at radius 3 is 2.90 bits per heavy atom. The van der Waals surface area contributed by atoms with Crippen molar-refractivity contribution in [1.82, 2.24) is 29.5 Å². The van der Waals surface area contributed by atoms with E-state index >= 15 is 0 Å². The Balaban J connectivity index is 1.32. The van der Waals surface area contributed by atoms with Crippen LogP contribution < -0.4 is 0 Å². The predicted molar refractivity (Wildman–Crippen MR) is 108 cm³/mol. The van der Waals surface area contributed by atoms with Crippen molar-refractivity contribution in [3.63, 3.8) is 0 Å². The van der Waals surface area contributed by atoms with Crippen LogP contribution >= 0.6 is 11.6 Å². The predicted octanol–water partition coefficient (Wildman–Crippen LogP) is 3.54. The van der Waals surface area contributed by atoms with Gasteiger partial charge in [0.05, 0.1) is 53.1 Å². The summed E-state index contributed by atoms with van der Waals surface area (Å²) in [5.41, 5.74) is 2.22. The second-order valence-corrected chi connectivity index (χ2v) is 8.59. The number of aromatic nitrogens is 4. The highest BCUT2D eigenvalue weighted by atomic mass is 35.5. The summed E-state index contributed by atoms with van der Waals surface area (Å²) in [7, 11) is 0. The normalized spacial score (nSPS) is 23.4. The van der Waals surface area contributed by atoms with Gasteiger partial charge in [0.25, 0.3) is 5.91 Å². The van der Waals surface area contributed by atoms with E-state index in [4.69, 9.17) is 16.1 Å². The number of halogens is 1. The largest absolute Gasteiger partial charge is 0.338 e. The number of hydrogen-bond acceptors (Lipinski definition) is 6. The maximum Gasteiger partial charge on any atom is 0.258 e. The Hall–Kier alpha value is -2.71. The fourth-order valence-electron chi connectivity index (χ4n) is 4.88. The van der Waals surface area contributed by atoms with Gasteiger partial charge in [-0.05, 0) is 38.1 Å². The summed E-state index contributed by atoms with van der Waals surface area (Å²) in [6, 6.07) is 5.18. The van der Waals surface area contributed by atoms with Gasteiger partial charge in [0.2, 0.25) is 5.89 Å². The van der Waals surface area contributed by atoms with Gasteiger partial charge < -0.3 is 14.0 Å². The molecule has 3 aromatic rings. The van der Waals surface area contributed by atoms with Crippen LogP contribution in [-0.4, -0.2) is 48.5 Å². The summed E-state index contributed by atoms with van der Waals surface area (Å²) in [6.07, 6.45) is 7.98. The molecule has 0 N–H and O–H groups in total. The molecule has 6 rings (SSSR count). The Kier molecular flexibility index (Phi) is 4.17. The molecule has 3 aliphatic heterocycles. The van der Waals surface area contributed by atoms with E-state index in [0.29, 0.717) is 28.8 Å². The molecule has 2 atom stereocenters. The highest BCUT2D eigenvalue weighted by molar-refractivity contribution is 6.34. The summed E-state index contributed by atoms with van der Waals surface area (Å²) in [5.74, 6) is 1.07. The standard InChI is InChI=1S/C21H21ClN6O2/c22-13-5-4-6-14-19(13)21(29)28-15(17-10-23-12-27(14)17)9-16(28)20-24-18(30-25-20)11-26-7-2-1-3-8-26/h4-6,10,12,15-16H,1-3,7-9,11H2/t15?,16-/m0/s1. The van der Waals surface area contributed by atoms with E-state index in [1.807, 2.05) is 27.8 Å². The number of fused-ring (bicyclic) bond motifs is 5. The van der Waals surface area contributed by atoms with E-state index in [1.165, 1.54) is 19.3 Å². The molecule has 154 valence electrons. The summed E-state index contributed by atoms with van der Waals surface area (Å²) in [6.45, 7) is 2.79. The third-order valence-electron chi connectivity index (χ3n) is 6.42. The molecule has 0 saturated carbocycles. The topological polar surface area (TPSA) is 80.3 Å². The summed E-state index contributed by atoms with van der Waals surface area (Å²) in [5, 5.41) is 4.65. The first-order chi connectivity index (χ1) is 14.7. The monoisotopic (exact) mass is 424 g/mol. The van der Waals surface area contributed by atoms with E-state index in [0.717, 1.165) is 30.9 Å². The van der Waals surface area contributed by atoms with E-state index < -0.39 is 0 Å². The molecule has 2 fully saturated rings. The highest BCUT2D eigenvalue weighted by Gasteiger charge is 2.49. The average molecular weight is 425 g/mol. The number of carbonyl (C=O) groups is 1. The smallest absolute Gasteiger partial charge is 0.258 e. The van der Waals surface area contributed by atoms with Crippen LogP contribution in [0.15, 0.2) is 35.2 Å². The van der Waals surface area contributed by atoms with Crippen LogP contribution in [0.2, 0.25) is 5.02 Å². The lowest BCUT2D eigenvalue weighted by molar-refractivity contribution is 0.00920. The molecule has 2 aromatic heterocycles. The number of carbonyl (C=O) groups excluding carboxylic acids is 1. The van der Waals surface area contributed by atoms with Gasteiger partial charge in [0, 0.05) is 6.42 Å². The van der Waals surface area contributed by atoms with Crippen LogP contribution in [0.5, 0.6) is 0 Å². The second-order valence-electron chi connectivity index (χ2n) is 8.19. The fraction of sp³-hybridized carbons (Fsp3) is 0.429. The molecule has 0 bridgehead atoms. The summed E-state index contributed by atoms with van der Waals surface area (Å²) < 4.78 is 7.49. The van der Waals surface area contributed by atoms with E-state index in [1.54, 1.807) is 12.4 Å². The molecule has 0 aliphatic carbocycles. The van der Waals surface area contributed by atoms with Crippen LogP contribution in [-0.2, 0) is 6.54 Å². The molecule has 8 nitrogen and oxygen atoms in total. The zero-order chi connectivity index (χ0) is 20.2. The van der Waals surface area contributed by atoms with Crippen molar-refractivity contribution in [2.24, 2.45) is 0 Å². The van der Waals surface area contributed by atoms with Crippen molar-refractivity contribution < 1.29 is 9.32 Å². The molecule has 1 aromatic carbocycles. The minimum Gasteiger partial charge on any atom is -0.338 e. The Bertz CT molecular complexity index is 1120. The third kappa shape index (κ3) is 2.70. The van der Waals surface area contributed by atoms with Crippen molar-refractivity contribution in [2.75, 3.05) is 13.1 Å². The molecule has 5 heterocycles. The molecular weight excluding hydrogens is 404 g/mol. The number of imidazole rings is 1. The van der Waals surface area contributed by atoms with Crippen LogP contribution in [0.25, 0.3) is 5.69 Å². The minimum absolute atomic E-state index is 0.0856. The Morgan fingerprint density at radius 1 is 1.17 bits per heavy atom. The number of rotatable bonds is 3. The number of likely N-dealkylation sites (tertiary alicyclic amines) is 1. The molecule has 1 amide bonds. The molecule has 0 radical (unpaired) electrons. The van der Waals surface area contributed by atoms with Crippen LogP contribution in [0.1, 0.15) is 65.5 Å². The van der Waals surface area contributed by atoms with Crippen molar-refractivity contribution in [3.05, 3.63) is 58.7 Å². The lowest BCUT2D eigenvalue weighted by Crippen LogP contribution is -2.47. The van der Waals surface area contributed by atoms with E-state index in [2.05, 4.69) is 20.0 Å². The number of amides is 1. The first kappa shape index (κ1) is 18.1. The van der Waals surface area contributed by atoms with Crippen molar-refractivity contribution in [2.45, 2.75) is 44.3 Å². The SMILES string of the molecule is O=C1c2c(Cl)cccc2-n2cncc2C2C[C@@H](c3noc(CN4CCCCC4)n3)N12. The first-order valence-corrected chi connectivity index (χ1v) is 10.8. The summed E-state index contributed by atoms with van der Waals surface area (Å²) >= 11 is 6.45. The van der Waals surface area contributed by atoms with E-state index in [-0.39, 0.29) is 18.0 Å². The molecule has 3 aliphatic rings. The van der Waals surface area contributed by atoms with Gasteiger partial charge in [-0.2, -0.15) is 4.98 Å². The van der Waals surface area contributed by atoms with Crippen LogP contribution in [0, 0.1) is 0 Å².